The number of nitrogens with zero attached hydrogens (tertiary/aromatic N) is 1. The van der Waals surface area contributed by atoms with E-state index in [-0.39, 0.29) is 24.8 Å². The maximum absolute atomic E-state index is 3.81. The molecule has 25 heavy (non-hydrogen) atoms. The zero-order chi connectivity index (χ0) is 16.0. The number of hydrogen-bond acceptors (Lipinski definition) is 3. The zero-order valence-corrected chi connectivity index (χ0v) is 17.1. The van der Waals surface area contributed by atoms with Crippen LogP contribution in [-0.4, -0.2) is 39.3 Å². The van der Waals surface area contributed by atoms with Gasteiger partial charge in [0.2, 0.25) is 0 Å². The largest absolute Gasteiger partial charge is 0.375 e. The summed E-state index contributed by atoms with van der Waals surface area (Å²) in [6.45, 7) is 4.75. The van der Waals surface area contributed by atoms with Crippen molar-refractivity contribution in [2.45, 2.75) is 51.0 Å². The first kappa shape index (κ1) is 22.6. The van der Waals surface area contributed by atoms with E-state index in [1.54, 1.807) is 0 Å². The molecule has 0 bridgehead atoms. The first-order valence-corrected chi connectivity index (χ1v) is 9.48. The molecule has 0 radical (unpaired) electrons. The second-order valence-electron chi connectivity index (χ2n) is 7.59. The summed E-state index contributed by atoms with van der Waals surface area (Å²) < 4.78 is 0. The number of rotatable bonds is 6. The highest BCUT2D eigenvalue weighted by molar-refractivity contribution is 5.85. The van der Waals surface area contributed by atoms with E-state index in [2.05, 4.69) is 52.9 Å². The summed E-state index contributed by atoms with van der Waals surface area (Å²) >= 11 is 0. The number of halogens is 2. The Morgan fingerprint density at radius 1 is 1.04 bits per heavy atom. The van der Waals surface area contributed by atoms with Crippen molar-refractivity contribution in [3.05, 3.63) is 30.3 Å². The third-order valence-electron chi connectivity index (χ3n) is 6.01. The number of piperidine rings is 1. The highest BCUT2D eigenvalue weighted by atomic mass is 35.5. The molecule has 2 aliphatic rings. The molecule has 1 aromatic carbocycles. The van der Waals surface area contributed by atoms with Crippen molar-refractivity contribution in [2.24, 2.45) is 5.41 Å². The summed E-state index contributed by atoms with van der Waals surface area (Å²) in [4.78, 5) is 2.35. The molecule has 5 heteroatoms. The van der Waals surface area contributed by atoms with Crippen molar-refractivity contribution in [1.29, 1.82) is 0 Å². The van der Waals surface area contributed by atoms with Crippen LogP contribution in [0.25, 0.3) is 0 Å². The molecule has 2 fully saturated rings. The van der Waals surface area contributed by atoms with E-state index >= 15 is 0 Å². The summed E-state index contributed by atoms with van der Waals surface area (Å²) in [7, 11) is 2.19. The van der Waals surface area contributed by atoms with Crippen LogP contribution >= 0.6 is 24.8 Å². The number of anilines is 1. The van der Waals surface area contributed by atoms with Crippen LogP contribution in [0.4, 0.5) is 5.69 Å². The molecule has 1 aliphatic heterocycles. The van der Waals surface area contributed by atoms with Gasteiger partial charge in [-0.05, 0) is 82.1 Å². The average Bonchev–Trinajstić information content (AvgIpc) is 2.62. The second kappa shape index (κ2) is 11.3. The molecule has 1 saturated carbocycles. The highest BCUT2D eigenvalue weighted by Crippen LogP contribution is 2.43. The van der Waals surface area contributed by atoms with Crippen LogP contribution in [0.1, 0.15) is 44.9 Å². The van der Waals surface area contributed by atoms with Gasteiger partial charge in [0.15, 0.2) is 0 Å². The van der Waals surface area contributed by atoms with Crippen molar-refractivity contribution >= 4 is 30.5 Å². The molecule has 1 aliphatic carbocycles. The number of nitrogens with one attached hydrogen (secondary N) is 2. The minimum atomic E-state index is 0. The van der Waals surface area contributed by atoms with Gasteiger partial charge in [-0.25, -0.2) is 0 Å². The van der Waals surface area contributed by atoms with Crippen LogP contribution in [0.3, 0.4) is 0 Å². The summed E-state index contributed by atoms with van der Waals surface area (Å²) in [5.74, 6) is 0. The summed E-state index contributed by atoms with van der Waals surface area (Å²) in [6, 6.07) is 11.4. The first-order valence-electron chi connectivity index (χ1n) is 9.48. The van der Waals surface area contributed by atoms with Gasteiger partial charge in [-0.1, -0.05) is 18.2 Å². The van der Waals surface area contributed by atoms with E-state index in [1.807, 2.05) is 0 Å². The predicted octanol–water partition coefficient (Wildman–Crippen LogP) is 4.26. The molecule has 1 aromatic rings. The molecule has 3 nitrogen and oxygen atoms in total. The van der Waals surface area contributed by atoms with E-state index in [4.69, 9.17) is 0 Å². The Morgan fingerprint density at radius 2 is 1.68 bits per heavy atom. The Kier molecular flexibility index (Phi) is 10.2. The molecule has 144 valence electrons. The first-order chi connectivity index (χ1) is 11.3. The normalized spacial score (nSPS) is 19.7. The second-order valence-corrected chi connectivity index (χ2v) is 7.59. The number of hydrogen-bond donors (Lipinski definition) is 2. The van der Waals surface area contributed by atoms with Gasteiger partial charge < -0.3 is 15.5 Å². The molecular weight excluding hydrogens is 353 g/mol. The Labute approximate surface area is 166 Å². The highest BCUT2D eigenvalue weighted by Gasteiger charge is 2.35. The smallest absolute Gasteiger partial charge is 0.0363 e. The van der Waals surface area contributed by atoms with Crippen molar-refractivity contribution in [1.82, 2.24) is 10.6 Å². The van der Waals surface area contributed by atoms with E-state index in [0.29, 0.717) is 5.41 Å². The van der Waals surface area contributed by atoms with Gasteiger partial charge in [0, 0.05) is 25.3 Å². The fraction of sp³-hybridized carbons (Fsp3) is 0.700. The number of benzene rings is 1. The average molecular weight is 388 g/mol. The molecule has 2 N–H and O–H groups in total. The summed E-state index contributed by atoms with van der Waals surface area (Å²) in [5, 5.41) is 7.32. The van der Waals surface area contributed by atoms with Crippen LogP contribution in [-0.2, 0) is 0 Å². The zero-order valence-electron chi connectivity index (χ0n) is 15.5. The van der Waals surface area contributed by atoms with Gasteiger partial charge in [-0.2, -0.15) is 0 Å². The van der Waals surface area contributed by atoms with Gasteiger partial charge in [-0.15, -0.1) is 24.8 Å². The molecular formula is C20H35Cl2N3. The molecule has 0 unspecified atom stereocenters. The van der Waals surface area contributed by atoms with Crippen LogP contribution in [0.5, 0.6) is 0 Å². The Bertz CT molecular complexity index is 453. The fourth-order valence-electron chi connectivity index (χ4n) is 4.33. The molecule has 0 aromatic heterocycles. The summed E-state index contributed by atoms with van der Waals surface area (Å²) in [6.07, 6.45) is 9.68. The predicted molar refractivity (Wildman–Crippen MR) is 114 cm³/mol. The third kappa shape index (κ3) is 6.63. The lowest BCUT2D eigenvalue weighted by molar-refractivity contribution is 0.116. The topological polar surface area (TPSA) is 27.3 Å². The summed E-state index contributed by atoms with van der Waals surface area (Å²) in [5.41, 5.74) is 2.01. The molecule has 3 rings (SSSR count). The van der Waals surface area contributed by atoms with Gasteiger partial charge in [0.25, 0.3) is 0 Å². The Morgan fingerprint density at radius 3 is 2.32 bits per heavy atom. The van der Waals surface area contributed by atoms with Crippen molar-refractivity contribution < 1.29 is 0 Å². The number of para-hydroxylation sites is 1. The lowest BCUT2D eigenvalue weighted by Gasteiger charge is -2.43. The maximum Gasteiger partial charge on any atom is 0.0363 e. The molecule has 0 amide bonds. The van der Waals surface area contributed by atoms with Crippen LogP contribution < -0.4 is 15.5 Å². The monoisotopic (exact) mass is 387 g/mol. The molecule has 0 atom stereocenters. The molecule has 1 saturated heterocycles. The van der Waals surface area contributed by atoms with Crippen LogP contribution in [0.15, 0.2) is 30.3 Å². The SMILES string of the molecule is CN(CCCNC1CCC2(CCNCC2)CC1)c1ccccc1.Cl.Cl. The van der Waals surface area contributed by atoms with E-state index in [1.165, 1.54) is 63.7 Å². The van der Waals surface area contributed by atoms with Crippen LogP contribution in [0, 0.1) is 5.41 Å². The van der Waals surface area contributed by atoms with Gasteiger partial charge in [0.05, 0.1) is 0 Å². The quantitative estimate of drug-likeness (QED) is 0.713. The maximum atomic E-state index is 3.81. The van der Waals surface area contributed by atoms with E-state index in [9.17, 15) is 0 Å². The Balaban J connectivity index is 0.00000156. The van der Waals surface area contributed by atoms with E-state index in [0.717, 1.165) is 19.1 Å². The minimum Gasteiger partial charge on any atom is -0.375 e. The lowest BCUT2D eigenvalue weighted by Crippen LogP contribution is -2.43. The van der Waals surface area contributed by atoms with Crippen molar-refractivity contribution in [3.63, 3.8) is 0 Å². The molecule has 1 spiro atoms. The van der Waals surface area contributed by atoms with Gasteiger partial charge in [-0.3, -0.25) is 0 Å². The Hall–Kier alpha value is -0.480. The molecule has 1 heterocycles. The third-order valence-corrected chi connectivity index (χ3v) is 6.01. The standard InChI is InChI=1S/C20H33N3.2ClH/c1-23(19-6-3-2-4-7-19)17-5-14-22-18-8-10-20(11-9-18)12-15-21-16-13-20;;/h2-4,6-7,18,21-22H,5,8-17H2,1H3;2*1H. The van der Waals surface area contributed by atoms with Crippen molar-refractivity contribution in [3.8, 4) is 0 Å². The van der Waals surface area contributed by atoms with Gasteiger partial charge >= 0.3 is 0 Å². The van der Waals surface area contributed by atoms with Crippen LogP contribution in [0.2, 0.25) is 0 Å². The van der Waals surface area contributed by atoms with Gasteiger partial charge in [0.1, 0.15) is 0 Å². The van der Waals surface area contributed by atoms with Crippen molar-refractivity contribution in [2.75, 3.05) is 38.1 Å². The van der Waals surface area contributed by atoms with E-state index < -0.39 is 0 Å². The fourth-order valence-corrected chi connectivity index (χ4v) is 4.33. The lowest BCUT2D eigenvalue weighted by atomic mass is 9.67. The minimum absolute atomic E-state index is 0.